The van der Waals surface area contributed by atoms with Crippen molar-refractivity contribution in [3.8, 4) is 17.6 Å². The molecule has 0 bridgehead atoms. The van der Waals surface area contributed by atoms with Gasteiger partial charge in [-0.2, -0.15) is 0 Å². The van der Waals surface area contributed by atoms with Crippen LogP contribution in [0.15, 0.2) is 48.7 Å². The van der Waals surface area contributed by atoms with Crippen LogP contribution >= 0.6 is 0 Å². The van der Waals surface area contributed by atoms with Crippen LogP contribution in [0.4, 0.5) is 0 Å². The second-order valence-electron chi connectivity index (χ2n) is 7.19. The minimum absolute atomic E-state index is 0.0853. The van der Waals surface area contributed by atoms with Gasteiger partial charge in [0.25, 0.3) is 5.91 Å². The molecule has 0 unspecified atom stereocenters. The molecule has 1 fully saturated rings. The van der Waals surface area contributed by atoms with Gasteiger partial charge in [-0.3, -0.25) is 9.78 Å². The van der Waals surface area contributed by atoms with Crippen LogP contribution < -0.4 is 10.1 Å². The number of aryl methyl sites for hydroxylation is 1. The van der Waals surface area contributed by atoms with Crippen molar-refractivity contribution in [1.29, 1.82) is 0 Å². The maximum Gasteiger partial charge on any atom is 0.252 e. The van der Waals surface area contributed by atoms with Crippen LogP contribution in [-0.4, -0.2) is 18.0 Å². The highest BCUT2D eigenvalue weighted by Gasteiger charge is 2.47. The fourth-order valence-corrected chi connectivity index (χ4v) is 3.64. The van der Waals surface area contributed by atoms with Crippen LogP contribution in [0.5, 0.6) is 5.75 Å². The molecule has 0 radical (unpaired) electrons. The first-order valence-corrected chi connectivity index (χ1v) is 9.35. The lowest BCUT2D eigenvalue weighted by Gasteiger charge is -2.21. The number of benzene rings is 2. The van der Waals surface area contributed by atoms with E-state index in [-0.39, 0.29) is 11.4 Å². The number of nitrogens with one attached hydrogen (secondary N) is 1. The number of carbonyl (C=O) groups is 1. The van der Waals surface area contributed by atoms with E-state index in [1.165, 1.54) is 0 Å². The number of aromatic nitrogens is 1. The number of hydrogen-bond donors (Lipinski definition) is 1. The van der Waals surface area contributed by atoms with E-state index in [0.717, 1.165) is 40.4 Å². The summed E-state index contributed by atoms with van der Waals surface area (Å²) >= 11 is 0. The van der Waals surface area contributed by atoms with Gasteiger partial charge < -0.3 is 10.1 Å². The van der Waals surface area contributed by atoms with E-state index >= 15 is 0 Å². The highest BCUT2D eigenvalue weighted by Crippen LogP contribution is 2.48. The summed E-state index contributed by atoms with van der Waals surface area (Å²) in [5.74, 6) is 6.68. The monoisotopic (exact) mass is 370 g/mol. The SMILES string of the molecule is CC#Cc1cc(C2(NC(=O)c3cc(OC)ccc3C)CC2)c2cccnc2c1. The zero-order valence-corrected chi connectivity index (χ0v) is 16.3. The van der Waals surface area contributed by atoms with Crippen molar-refractivity contribution in [2.24, 2.45) is 0 Å². The fraction of sp³-hybridized carbons (Fsp3) is 0.250. The lowest BCUT2D eigenvalue weighted by molar-refractivity contribution is 0.0930. The Balaban J connectivity index is 1.75. The standard InChI is InChI=1S/C24H22N2O2/c1-4-6-17-13-21(19-7-5-12-25-22(19)14-17)24(10-11-24)26-23(27)20-15-18(28-3)9-8-16(20)2/h5,7-9,12-15H,10-11H2,1-3H3,(H,26,27). The molecular weight excluding hydrogens is 348 g/mol. The molecule has 4 heteroatoms. The number of ether oxygens (including phenoxy) is 1. The van der Waals surface area contributed by atoms with Gasteiger partial charge in [0.1, 0.15) is 5.75 Å². The predicted molar refractivity (Wildman–Crippen MR) is 110 cm³/mol. The molecule has 4 nitrogen and oxygen atoms in total. The number of amides is 1. The molecule has 0 spiro atoms. The van der Waals surface area contributed by atoms with E-state index in [2.05, 4.69) is 34.3 Å². The molecular formula is C24H22N2O2. The highest BCUT2D eigenvalue weighted by atomic mass is 16.5. The van der Waals surface area contributed by atoms with Gasteiger partial charge in [-0.1, -0.05) is 18.1 Å². The number of methoxy groups -OCH3 is 1. The summed E-state index contributed by atoms with van der Waals surface area (Å²) in [7, 11) is 1.61. The molecule has 4 rings (SSSR count). The molecule has 2 aromatic carbocycles. The Morgan fingerprint density at radius 3 is 2.75 bits per heavy atom. The number of rotatable bonds is 4. The van der Waals surface area contributed by atoms with Gasteiger partial charge in [0.15, 0.2) is 0 Å². The molecule has 0 saturated heterocycles. The summed E-state index contributed by atoms with van der Waals surface area (Å²) in [6.45, 7) is 3.76. The molecule has 0 atom stereocenters. The molecule has 28 heavy (non-hydrogen) atoms. The van der Waals surface area contributed by atoms with E-state index < -0.39 is 0 Å². The van der Waals surface area contributed by atoms with E-state index in [1.54, 1.807) is 19.4 Å². The number of fused-ring (bicyclic) bond motifs is 1. The summed E-state index contributed by atoms with van der Waals surface area (Å²) in [5, 5.41) is 4.34. The molecule has 1 heterocycles. The normalized spacial score (nSPS) is 14.1. The third-order valence-corrected chi connectivity index (χ3v) is 5.30. The van der Waals surface area contributed by atoms with Crippen molar-refractivity contribution in [3.05, 3.63) is 70.9 Å². The summed E-state index contributed by atoms with van der Waals surface area (Å²) < 4.78 is 5.29. The lowest BCUT2D eigenvalue weighted by Crippen LogP contribution is -2.35. The largest absolute Gasteiger partial charge is 0.497 e. The van der Waals surface area contributed by atoms with E-state index in [0.29, 0.717) is 11.3 Å². The molecule has 1 aliphatic carbocycles. The first kappa shape index (κ1) is 18.1. The quantitative estimate of drug-likeness (QED) is 0.695. The average Bonchev–Trinajstić information content (AvgIpc) is 3.48. The molecule has 1 amide bonds. The number of carbonyl (C=O) groups excluding carboxylic acids is 1. The predicted octanol–water partition coefficient (Wildman–Crippen LogP) is 4.34. The Bertz CT molecular complexity index is 1130. The van der Waals surface area contributed by atoms with Gasteiger partial charge in [0.2, 0.25) is 0 Å². The Kier molecular flexibility index (Phi) is 4.52. The minimum Gasteiger partial charge on any atom is -0.497 e. The van der Waals surface area contributed by atoms with E-state index in [9.17, 15) is 4.79 Å². The zero-order chi connectivity index (χ0) is 19.7. The smallest absolute Gasteiger partial charge is 0.252 e. The zero-order valence-electron chi connectivity index (χ0n) is 16.3. The molecule has 0 aliphatic heterocycles. The van der Waals surface area contributed by atoms with Crippen molar-refractivity contribution in [2.45, 2.75) is 32.2 Å². The first-order valence-electron chi connectivity index (χ1n) is 9.35. The summed E-state index contributed by atoms with van der Waals surface area (Å²) in [6.07, 6.45) is 3.58. The van der Waals surface area contributed by atoms with Gasteiger partial charge in [-0.05, 0) is 68.1 Å². The second-order valence-corrected chi connectivity index (χ2v) is 7.19. The summed E-state index contributed by atoms with van der Waals surface area (Å²) in [6, 6.07) is 13.6. The van der Waals surface area contributed by atoms with E-state index in [4.69, 9.17) is 4.74 Å². The average molecular weight is 370 g/mol. The number of pyridine rings is 1. The maximum atomic E-state index is 13.1. The van der Waals surface area contributed by atoms with Crippen molar-refractivity contribution in [3.63, 3.8) is 0 Å². The third-order valence-electron chi connectivity index (χ3n) is 5.30. The molecule has 140 valence electrons. The Morgan fingerprint density at radius 2 is 2.04 bits per heavy atom. The van der Waals surface area contributed by atoms with Crippen LogP contribution in [0.2, 0.25) is 0 Å². The number of hydrogen-bond acceptors (Lipinski definition) is 3. The fourth-order valence-electron chi connectivity index (χ4n) is 3.64. The van der Waals surface area contributed by atoms with E-state index in [1.807, 2.05) is 38.1 Å². The topological polar surface area (TPSA) is 51.2 Å². The van der Waals surface area contributed by atoms with Crippen LogP contribution in [0.1, 0.15) is 46.8 Å². The maximum absolute atomic E-state index is 13.1. The third kappa shape index (κ3) is 3.20. The van der Waals surface area contributed by atoms with Crippen LogP contribution in [0, 0.1) is 18.8 Å². The van der Waals surface area contributed by atoms with Gasteiger partial charge in [0.05, 0.1) is 18.2 Å². The van der Waals surface area contributed by atoms with Crippen LogP contribution in [-0.2, 0) is 5.54 Å². The van der Waals surface area contributed by atoms with Crippen molar-refractivity contribution < 1.29 is 9.53 Å². The van der Waals surface area contributed by atoms with Crippen LogP contribution in [0.3, 0.4) is 0 Å². The summed E-state index contributed by atoms with van der Waals surface area (Å²) in [5.41, 5.74) is 4.09. The summed E-state index contributed by atoms with van der Waals surface area (Å²) in [4.78, 5) is 17.6. The van der Waals surface area contributed by atoms with Crippen molar-refractivity contribution >= 4 is 16.8 Å². The van der Waals surface area contributed by atoms with Gasteiger partial charge >= 0.3 is 0 Å². The van der Waals surface area contributed by atoms with Crippen LogP contribution in [0.25, 0.3) is 10.9 Å². The molecule has 1 aromatic heterocycles. The Labute approximate surface area is 164 Å². The molecule has 1 saturated carbocycles. The minimum atomic E-state index is -0.376. The first-order chi connectivity index (χ1) is 13.6. The second kappa shape index (κ2) is 7.01. The molecule has 3 aromatic rings. The Morgan fingerprint density at radius 1 is 1.21 bits per heavy atom. The highest BCUT2D eigenvalue weighted by molar-refractivity contribution is 5.97. The van der Waals surface area contributed by atoms with Crippen molar-refractivity contribution in [1.82, 2.24) is 10.3 Å². The lowest BCUT2D eigenvalue weighted by atomic mass is 9.95. The molecule has 1 N–H and O–H groups in total. The molecule has 1 aliphatic rings. The van der Waals surface area contributed by atoms with Gasteiger partial charge in [-0.15, -0.1) is 5.92 Å². The number of nitrogens with zero attached hydrogens (tertiary/aromatic N) is 1. The van der Waals surface area contributed by atoms with Crippen molar-refractivity contribution in [2.75, 3.05) is 7.11 Å². The van der Waals surface area contributed by atoms with Gasteiger partial charge in [0, 0.05) is 22.7 Å². The Hall–Kier alpha value is -3.32. The van der Waals surface area contributed by atoms with Gasteiger partial charge in [-0.25, -0.2) is 0 Å².